The molecule has 0 amide bonds. The van der Waals surface area contributed by atoms with Crippen molar-refractivity contribution in [3.8, 4) is 27.9 Å². The molecule has 0 unspecified atom stereocenters. The third-order valence-corrected chi connectivity index (χ3v) is 12.4. The van der Waals surface area contributed by atoms with Crippen molar-refractivity contribution in [3.63, 3.8) is 0 Å². The van der Waals surface area contributed by atoms with Crippen molar-refractivity contribution in [3.05, 3.63) is 174 Å². The second-order valence-electron chi connectivity index (χ2n) is 14.5. The molecule has 2 aliphatic rings. The molecule has 246 valence electrons. The van der Waals surface area contributed by atoms with Crippen molar-refractivity contribution in [2.24, 2.45) is 0 Å². The monoisotopic (exact) mass is 674 g/mol. The summed E-state index contributed by atoms with van der Waals surface area (Å²) in [6.45, 7) is 7.00. The number of anilines is 2. The Kier molecular flexibility index (Phi) is 6.78. The lowest BCUT2D eigenvalue weighted by Crippen LogP contribution is -2.20. The average molecular weight is 675 g/mol. The van der Waals surface area contributed by atoms with E-state index >= 15 is 0 Å². The van der Waals surface area contributed by atoms with E-state index in [9.17, 15) is 0 Å². The summed E-state index contributed by atoms with van der Waals surface area (Å²) >= 11 is 1.90. The van der Waals surface area contributed by atoms with Gasteiger partial charge in [0.1, 0.15) is 0 Å². The van der Waals surface area contributed by atoms with Crippen molar-refractivity contribution in [2.45, 2.75) is 39.0 Å². The fourth-order valence-corrected chi connectivity index (χ4v) is 9.86. The highest BCUT2D eigenvalue weighted by molar-refractivity contribution is 7.26. The van der Waals surface area contributed by atoms with Crippen LogP contribution in [0.5, 0.6) is 0 Å². The number of benzene rings is 6. The number of hydrogen-bond acceptors (Lipinski definition) is 2. The molecule has 0 fully saturated rings. The summed E-state index contributed by atoms with van der Waals surface area (Å²) in [5.74, 6) is 0. The van der Waals surface area contributed by atoms with Gasteiger partial charge in [0.2, 0.25) is 0 Å². The molecule has 0 saturated heterocycles. The van der Waals surface area contributed by atoms with Crippen LogP contribution in [0.1, 0.15) is 43.4 Å². The lowest BCUT2D eigenvalue weighted by atomic mass is 9.82. The number of allylic oxidation sites excluding steroid dienone is 4. The SMILES string of the molecule is Cc1cc(-c2ccc3c(c2)c2sc4ccccc4c2n3-c2ccccc2)ccc1N(C1=CC=CCC1)c1ccc2c(c1)C(C)(C)c1ccccc1-2. The minimum absolute atomic E-state index is 0.0503. The molecule has 8 aromatic rings. The molecule has 0 aliphatic heterocycles. The summed E-state index contributed by atoms with van der Waals surface area (Å²) in [5.41, 5.74) is 16.7. The summed E-state index contributed by atoms with van der Waals surface area (Å²) in [4.78, 5) is 2.51. The fraction of sp³-hybridized carbons (Fsp3) is 0.125. The van der Waals surface area contributed by atoms with Gasteiger partial charge in [-0.3, -0.25) is 0 Å². The zero-order valence-electron chi connectivity index (χ0n) is 29.2. The molecular formula is C48H38N2S. The summed E-state index contributed by atoms with van der Waals surface area (Å²) in [6.07, 6.45) is 8.85. The number of rotatable bonds is 5. The molecule has 0 atom stereocenters. The molecule has 2 nitrogen and oxygen atoms in total. The number of nitrogens with zero attached hydrogens (tertiary/aromatic N) is 2. The summed E-state index contributed by atoms with van der Waals surface area (Å²) in [5, 5.41) is 2.61. The molecule has 0 N–H and O–H groups in total. The summed E-state index contributed by atoms with van der Waals surface area (Å²) in [7, 11) is 0. The Hall–Kier alpha value is -5.64. The molecule has 2 aromatic heterocycles. The Bertz CT molecular complexity index is 2740. The molecule has 2 heterocycles. The minimum Gasteiger partial charge on any atom is -0.314 e. The van der Waals surface area contributed by atoms with Crippen LogP contribution in [0, 0.1) is 6.92 Å². The summed E-state index contributed by atoms with van der Waals surface area (Å²) < 4.78 is 5.11. The molecule has 6 aromatic carbocycles. The van der Waals surface area contributed by atoms with Crippen LogP contribution >= 0.6 is 11.3 Å². The average Bonchev–Trinajstić information content (AvgIpc) is 3.78. The fourth-order valence-electron chi connectivity index (χ4n) is 8.65. The highest BCUT2D eigenvalue weighted by atomic mass is 32.1. The van der Waals surface area contributed by atoms with Gasteiger partial charge in [0, 0.05) is 43.6 Å². The highest BCUT2D eigenvalue weighted by Gasteiger charge is 2.36. The zero-order valence-corrected chi connectivity index (χ0v) is 30.0. The van der Waals surface area contributed by atoms with E-state index in [0.717, 1.165) is 12.8 Å². The van der Waals surface area contributed by atoms with Gasteiger partial charge < -0.3 is 9.47 Å². The van der Waals surface area contributed by atoms with Gasteiger partial charge in [-0.25, -0.2) is 0 Å². The van der Waals surface area contributed by atoms with E-state index in [0.29, 0.717) is 0 Å². The second kappa shape index (κ2) is 11.4. The van der Waals surface area contributed by atoms with Crippen molar-refractivity contribution in [1.29, 1.82) is 0 Å². The normalized spacial score (nSPS) is 14.6. The second-order valence-corrected chi connectivity index (χ2v) is 15.6. The number of hydrogen-bond donors (Lipinski definition) is 0. The quantitative estimate of drug-likeness (QED) is 0.176. The maximum atomic E-state index is 2.51. The minimum atomic E-state index is -0.0503. The Balaban J connectivity index is 1.10. The van der Waals surface area contributed by atoms with Crippen LogP contribution in [0.15, 0.2) is 157 Å². The third kappa shape index (κ3) is 4.61. The third-order valence-electron chi connectivity index (χ3n) is 11.2. The Morgan fingerprint density at radius 1 is 0.686 bits per heavy atom. The lowest BCUT2D eigenvalue weighted by Gasteiger charge is -2.32. The lowest BCUT2D eigenvalue weighted by molar-refractivity contribution is 0.660. The van der Waals surface area contributed by atoms with E-state index in [1.165, 1.54) is 92.9 Å². The van der Waals surface area contributed by atoms with Gasteiger partial charge in [0.25, 0.3) is 0 Å². The van der Waals surface area contributed by atoms with Crippen LogP contribution in [0.25, 0.3) is 59.1 Å². The molecular weight excluding hydrogens is 637 g/mol. The predicted molar refractivity (Wildman–Crippen MR) is 219 cm³/mol. The standard InChI is InChI=1S/C48H38N2S/c1-31-28-32(33-23-27-44-40(29-33)47-46(39-19-11-13-21-45(39)51-47)50(44)35-16-8-5-9-17-35)22-26-43(31)49(34-14-6-4-7-15-34)36-24-25-38-37-18-10-12-20-41(37)48(2,3)42(38)30-36/h4-6,8-14,16-30H,7,15H2,1-3H3. The van der Waals surface area contributed by atoms with Crippen LogP contribution in [-0.4, -0.2) is 4.57 Å². The zero-order chi connectivity index (χ0) is 34.3. The van der Waals surface area contributed by atoms with Crippen molar-refractivity contribution < 1.29 is 0 Å². The maximum absolute atomic E-state index is 2.51. The molecule has 0 bridgehead atoms. The van der Waals surface area contributed by atoms with Crippen molar-refractivity contribution in [1.82, 2.24) is 4.57 Å². The number of thiophene rings is 1. The molecule has 10 rings (SSSR count). The number of fused-ring (bicyclic) bond motifs is 8. The van der Waals surface area contributed by atoms with Crippen LogP contribution in [-0.2, 0) is 5.41 Å². The Morgan fingerprint density at radius 2 is 1.45 bits per heavy atom. The van der Waals surface area contributed by atoms with Gasteiger partial charge in [-0.15, -0.1) is 11.3 Å². The number of para-hydroxylation sites is 1. The van der Waals surface area contributed by atoms with Crippen molar-refractivity contribution in [2.75, 3.05) is 4.90 Å². The van der Waals surface area contributed by atoms with E-state index < -0.39 is 0 Å². The molecule has 3 heteroatoms. The van der Waals surface area contributed by atoms with E-state index in [4.69, 9.17) is 0 Å². The smallest absolute Gasteiger partial charge is 0.0727 e. The van der Waals surface area contributed by atoms with Gasteiger partial charge >= 0.3 is 0 Å². The van der Waals surface area contributed by atoms with Crippen molar-refractivity contribution >= 4 is 53.9 Å². The molecule has 2 aliphatic carbocycles. The Morgan fingerprint density at radius 3 is 2.29 bits per heavy atom. The molecule has 0 radical (unpaired) electrons. The maximum Gasteiger partial charge on any atom is 0.0727 e. The molecule has 0 saturated carbocycles. The van der Waals surface area contributed by atoms with Crippen LogP contribution < -0.4 is 4.90 Å². The van der Waals surface area contributed by atoms with E-state index in [1.807, 2.05) is 11.3 Å². The van der Waals surface area contributed by atoms with Gasteiger partial charge in [0.05, 0.1) is 15.7 Å². The molecule has 51 heavy (non-hydrogen) atoms. The van der Waals surface area contributed by atoms with Gasteiger partial charge in [-0.2, -0.15) is 0 Å². The Labute approximate surface area is 303 Å². The van der Waals surface area contributed by atoms with Gasteiger partial charge in [0.15, 0.2) is 0 Å². The first-order valence-electron chi connectivity index (χ1n) is 18.0. The first kappa shape index (κ1) is 30.2. The van der Waals surface area contributed by atoms with E-state index in [1.54, 1.807) is 0 Å². The largest absolute Gasteiger partial charge is 0.314 e. The summed E-state index contributed by atoms with van der Waals surface area (Å²) in [6, 6.07) is 49.7. The van der Waals surface area contributed by atoms with Crippen LogP contribution in [0.2, 0.25) is 0 Å². The van der Waals surface area contributed by atoms with Crippen LogP contribution in [0.3, 0.4) is 0 Å². The van der Waals surface area contributed by atoms with Gasteiger partial charge in [-0.1, -0.05) is 105 Å². The van der Waals surface area contributed by atoms with Crippen LogP contribution in [0.4, 0.5) is 11.4 Å². The predicted octanol–water partition coefficient (Wildman–Crippen LogP) is 13.7. The topological polar surface area (TPSA) is 8.17 Å². The number of aromatic nitrogens is 1. The number of aryl methyl sites for hydroxylation is 1. The van der Waals surface area contributed by atoms with Gasteiger partial charge in [-0.05, 0) is 119 Å². The highest BCUT2D eigenvalue weighted by Crippen LogP contribution is 2.51. The molecule has 0 spiro atoms. The first-order chi connectivity index (χ1) is 25.0. The van der Waals surface area contributed by atoms with E-state index in [2.05, 4.69) is 182 Å². The van der Waals surface area contributed by atoms with E-state index in [-0.39, 0.29) is 5.41 Å². The first-order valence-corrected chi connectivity index (χ1v) is 18.8.